The lowest BCUT2D eigenvalue weighted by atomic mass is 10.1. The summed E-state index contributed by atoms with van der Waals surface area (Å²) in [6.45, 7) is 5.07. The number of aromatic carboxylic acids is 1. The second-order valence-corrected chi connectivity index (χ2v) is 6.55. The molecule has 2 aromatic rings. The number of carboxylic acids is 1. The van der Waals surface area contributed by atoms with Crippen molar-refractivity contribution >= 4 is 27.6 Å². The molecule has 0 unspecified atom stereocenters. The zero-order valence-corrected chi connectivity index (χ0v) is 16.1. The molecule has 0 fully saturated rings. The molecule has 0 amide bonds. The molecular formula is C19H22BrNO4. The highest BCUT2D eigenvalue weighted by atomic mass is 79.9. The van der Waals surface area contributed by atoms with Gasteiger partial charge in [0.2, 0.25) is 0 Å². The Morgan fingerprint density at radius 1 is 1.28 bits per heavy atom. The van der Waals surface area contributed by atoms with Crippen LogP contribution >= 0.6 is 15.9 Å². The first kappa shape index (κ1) is 19.1. The molecule has 0 saturated heterocycles. The lowest BCUT2D eigenvalue weighted by Crippen LogP contribution is -2.07. The molecular weight excluding hydrogens is 386 g/mol. The summed E-state index contributed by atoms with van der Waals surface area (Å²) >= 11 is 3.49. The molecule has 0 atom stereocenters. The van der Waals surface area contributed by atoms with E-state index >= 15 is 0 Å². The molecule has 0 radical (unpaired) electrons. The molecule has 0 bridgehead atoms. The van der Waals surface area contributed by atoms with Gasteiger partial charge in [0.15, 0.2) is 11.5 Å². The van der Waals surface area contributed by atoms with E-state index < -0.39 is 5.97 Å². The summed E-state index contributed by atoms with van der Waals surface area (Å²) in [5.41, 5.74) is 2.99. The second kappa shape index (κ2) is 8.76. The molecule has 0 saturated carbocycles. The van der Waals surface area contributed by atoms with Crippen molar-refractivity contribution in [1.29, 1.82) is 0 Å². The van der Waals surface area contributed by atoms with Crippen molar-refractivity contribution in [3.05, 3.63) is 51.5 Å². The van der Waals surface area contributed by atoms with Gasteiger partial charge in [-0.25, -0.2) is 4.79 Å². The molecule has 0 aliphatic rings. The van der Waals surface area contributed by atoms with Gasteiger partial charge in [-0.2, -0.15) is 0 Å². The number of carbonyl (C=O) groups is 1. The van der Waals surface area contributed by atoms with Crippen LogP contribution in [0.4, 0.5) is 5.69 Å². The molecule has 6 heteroatoms. The molecule has 0 aromatic heterocycles. The summed E-state index contributed by atoms with van der Waals surface area (Å²) in [6, 6.07) is 8.89. The van der Waals surface area contributed by atoms with Gasteiger partial charge >= 0.3 is 5.97 Å². The van der Waals surface area contributed by atoms with Crippen LogP contribution in [0.2, 0.25) is 0 Å². The van der Waals surface area contributed by atoms with Gasteiger partial charge < -0.3 is 19.9 Å². The molecule has 5 nitrogen and oxygen atoms in total. The van der Waals surface area contributed by atoms with E-state index in [2.05, 4.69) is 28.2 Å². The number of hydrogen-bond acceptors (Lipinski definition) is 4. The van der Waals surface area contributed by atoms with E-state index in [1.807, 2.05) is 19.1 Å². The minimum Gasteiger partial charge on any atom is -0.493 e. The predicted molar refractivity (Wildman–Crippen MR) is 102 cm³/mol. The summed E-state index contributed by atoms with van der Waals surface area (Å²) in [5, 5.41) is 12.4. The molecule has 2 aromatic carbocycles. The van der Waals surface area contributed by atoms with Crippen LogP contribution in [0.5, 0.6) is 11.5 Å². The van der Waals surface area contributed by atoms with Gasteiger partial charge in [0.05, 0.1) is 19.3 Å². The van der Waals surface area contributed by atoms with Crippen LogP contribution in [0, 0.1) is 6.92 Å². The minimum absolute atomic E-state index is 0.277. The lowest BCUT2D eigenvalue weighted by molar-refractivity contribution is 0.0697. The van der Waals surface area contributed by atoms with Gasteiger partial charge in [-0.1, -0.05) is 22.9 Å². The Bertz CT molecular complexity index is 761. The minimum atomic E-state index is -0.929. The van der Waals surface area contributed by atoms with Crippen molar-refractivity contribution in [2.24, 2.45) is 0 Å². The number of nitrogens with one attached hydrogen (secondary N) is 1. The van der Waals surface area contributed by atoms with Crippen LogP contribution in [-0.2, 0) is 6.54 Å². The maximum absolute atomic E-state index is 11.0. The number of rotatable bonds is 8. The fourth-order valence-electron chi connectivity index (χ4n) is 2.46. The number of aryl methyl sites for hydroxylation is 1. The van der Waals surface area contributed by atoms with E-state index in [9.17, 15) is 4.79 Å². The molecule has 2 N–H and O–H groups in total. The normalized spacial score (nSPS) is 10.4. The van der Waals surface area contributed by atoms with Crippen LogP contribution in [0.15, 0.2) is 34.8 Å². The number of anilines is 1. The molecule has 0 aliphatic heterocycles. The van der Waals surface area contributed by atoms with Crippen molar-refractivity contribution in [1.82, 2.24) is 0 Å². The fraction of sp³-hybridized carbons (Fsp3) is 0.316. The van der Waals surface area contributed by atoms with Crippen LogP contribution in [0.3, 0.4) is 0 Å². The monoisotopic (exact) mass is 407 g/mol. The Morgan fingerprint density at radius 3 is 2.64 bits per heavy atom. The van der Waals surface area contributed by atoms with Crippen molar-refractivity contribution in [3.63, 3.8) is 0 Å². The number of hydrogen-bond donors (Lipinski definition) is 2. The van der Waals surface area contributed by atoms with Crippen LogP contribution < -0.4 is 14.8 Å². The quantitative estimate of drug-likeness (QED) is 0.653. The third-order valence-corrected chi connectivity index (χ3v) is 4.17. The average molecular weight is 408 g/mol. The van der Waals surface area contributed by atoms with Crippen molar-refractivity contribution in [2.45, 2.75) is 26.8 Å². The van der Waals surface area contributed by atoms with Crippen LogP contribution in [0.25, 0.3) is 0 Å². The third-order valence-electron chi connectivity index (χ3n) is 3.71. The standard InChI is InChI=1S/C19H22BrNO4/c1-4-7-25-18-14(9-15(20)10-17(18)24-3)11-21-16-6-5-13(19(22)23)8-12(16)2/h5-6,8-10,21H,4,7,11H2,1-3H3,(H,22,23). The maximum Gasteiger partial charge on any atom is 0.335 e. The summed E-state index contributed by atoms with van der Waals surface area (Å²) in [7, 11) is 1.62. The number of ether oxygens (including phenoxy) is 2. The van der Waals surface area contributed by atoms with Gasteiger partial charge in [-0.05, 0) is 49.2 Å². The summed E-state index contributed by atoms with van der Waals surface area (Å²) in [5.74, 6) is 0.471. The molecule has 0 aliphatic carbocycles. The zero-order valence-electron chi connectivity index (χ0n) is 14.6. The van der Waals surface area contributed by atoms with Gasteiger partial charge in [0, 0.05) is 22.3 Å². The van der Waals surface area contributed by atoms with E-state index in [1.165, 1.54) is 0 Å². The Labute approximate surface area is 156 Å². The zero-order chi connectivity index (χ0) is 18.4. The largest absolute Gasteiger partial charge is 0.493 e. The first-order valence-electron chi connectivity index (χ1n) is 8.03. The third kappa shape index (κ3) is 4.89. The second-order valence-electron chi connectivity index (χ2n) is 5.63. The average Bonchev–Trinajstić information content (AvgIpc) is 2.58. The smallest absolute Gasteiger partial charge is 0.335 e. The van der Waals surface area contributed by atoms with E-state index in [1.54, 1.807) is 25.3 Å². The predicted octanol–water partition coefficient (Wildman–Crippen LogP) is 4.87. The van der Waals surface area contributed by atoms with E-state index in [-0.39, 0.29) is 5.56 Å². The van der Waals surface area contributed by atoms with Gasteiger partial charge in [-0.15, -0.1) is 0 Å². The first-order chi connectivity index (χ1) is 12.0. The molecule has 0 spiro atoms. The Kier molecular flexibility index (Phi) is 6.70. The van der Waals surface area contributed by atoms with E-state index in [0.717, 1.165) is 33.5 Å². The van der Waals surface area contributed by atoms with Crippen molar-refractivity contribution in [2.75, 3.05) is 19.0 Å². The van der Waals surface area contributed by atoms with Gasteiger partial charge in [0.25, 0.3) is 0 Å². The Balaban J connectivity index is 2.25. The highest BCUT2D eigenvalue weighted by Gasteiger charge is 2.13. The number of benzene rings is 2. The fourth-order valence-corrected chi connectivity index (χ4v) is 2.94. The summed E-state index contributed by atoms with van der Waals surface area (Å²) in [6.07, 6.45) is 0.905. The number of halogens is 1. The van der Waals surface area contributed by atoms with Crippen molar-refractivity contribution < 1.29 is 19.4 Å². The highest BCUT2D eigenvalue weighted by Crippen LogP contribution is 2.35. The molecule has 2 rings (SSSR count). The highest BCUT2D eigenvalue weighted by molar-refractivity contribution is 9.10. The van der Waals surface area contributed by atoms with Crippen molar-refractivity contribution in [3.8, 4) is 11.5 Å². The van der Waals surface area contributed by atoms with E-state index in [4.69, 9.17) is 14.6 Å². The SMILES string of the molecule is CCCOc1c(CNc2ccc(C(=O)O)cc2C)cc(Br)cc1OC. The summed E-state index contributed by atoms with van der Waals surface area (Å²) < 4.78 is 12.2. The molecule has 0 heterocycles. The Morgan fingerprint density at radius 2 is 2.04 bits per heavy atom. The topological polar surface area (TPSA) is 67.8 Å². The van der Waals surface area contributed by atoms with E-state index in [0.29, 0.717) is 18.9 Å². The summed E-state index contributed by atoms with van der Waals surface area (Å²) in [4.78, 5) is 11.0. The molecule has 134 valence electrons. The maximum atomic E-state index is 11.0. The first-order valence-corrected chi connectivity index (χ1v) is 8.82. The molecule has 25 heavy (non-hydrogen) atoms. The van der Waals surface area contributed by atoms with Gasteiger partial charge in [-0.3, -0.25) is 0 Å². The lowest BCUT2D eigenvalue weighted by Gasteiger charge is -2.17. The van der Waals surface area contributed by atoms with Crippen LogP contribution in [0.1, 0.15) is 34.8 Å². The number of methoxy groups -OCH3 is 1. The Hall–Kier alpha value is -2.21. The van der Waals surface area contributed by atoms with Crippen LogP contribution in [-0.4, -0.2) is 24.8 Å². The van der Waals surface area contributed by atoms with Gasteiger partial charge in [0.1, 0.15) is 0 Å². The number of carboxylic acid groups (broad SMARTS) is 1.